The number of dihydropyridines is 1. The van der Waals surface area contributed by atoms with Gasteiger partial charge in [-0.05, 0) is 49.6 Å². The lowest BCUT2D eigenvalue weighted by molar-refractivity contribution is 0.126. The van der Waals surface area contributed by atoms with Crippen molar-refractivity contribution in [3.63, 3.8) is 0 Å². The molecule has 0 atom stereocenters. The Labute approximate surface area is 162 Å². The summed E-state index contributed by atoms with van der Waals surface area (Å²) >= 11 is 0. The molecule has 4 rings (SSSR count). The molecule has 1 aromatic carbocycles. The highest BCUT2D eigenvalue weighted by Gasteiger charge is 2.21. The van der Waals surface area contributed by atoms with E-state index in [9.17, 15) is 0 Å². The fourth-order valence-electron chi connectivity index (χ4n) is 3.52. The van der Waals surface area contributed by atoms with Crippen LogP contribution in [0.1, 0.15) is 32.3 Å². The van der Waals surface area contributed by atoms with Crippen LogP contribution >= 0.6 is 0 Å². The normalized spacial score (nSPS) is 17.1. The number of likely N-dealkylation sites (tertiary alicyclic amines) is 1. The molecule has 0 amide bonds. The van der Waals surface area contributed by atoms with Gasteiger partial charge >= 0.3 is 0 Å². The average molecular weight is 366 g/mol. The fraction of sp³-hybridized carbons (Fsp3) is 0.455. The van der Waals surface area contributed by atoms with Gasteiger partial charge in [0.15, 0.2) is 0 Å². The van der Waals surface area contributed by atoms with Crippen molar-refractivity contribution in [1.82, 2.24) is 25.5 Å². The third kappa shape index (κ3) is 5.54. The van der Waals surface area contributed by atoms with Gasteiger partial charge in [0.1, 0.15) is 0 Å². The van der Waals surface area contributed by atoms with Crippen molar-refractivity contribution in [2.75, 3.05) is 26.7 Å². The maximum Gasteiger partial charge on any atom is 0.0890 e. The lowest BCUT2D eigenvalue weighted by atomic mass is 9.96. The van der Waals surface area contributed by atoms with E-state index < -0.39 is 0 Å². The van der Waals surface area contributed by atoms with Gasteiger partial charge in [-0.2, -0.15) is 0 Å². The van der Waals surface area contributed by atoms with Crippen LogP contribution < -0.4 is 10.6 Å². The molecular weight excluding hydrogens is 334 g/mol. The third-order valence-electron chi connectivity index (χ3n) is 5.05. The highest BCUT2D eigenvalue weighted by molar-refractivity contribution is 5.74. The Hall–Kier alpha value is -2.40. The van der Waals surface area contributed by atoms with E-state index in [1.807, 2.05) is 12.3 Å². The minimum Gasteiger partial charge on any atom is -0.386 e. The van der Waals surface area contributed by atoms with Crippen molar-refractivity contribution in [3.8, 4) is 0 Å². The van der Waals surface area contributed by atoms with Crippen LogP contribution in [0.25, 0.3) is 11.0 Å². The number of fused-ring (bicyclic) bond motifs is 1. The molecule has 1 fully saturated rings. The van der Waals surface area contributed by atoms with E-state index in [2.05, 4.69) is 64.6 Å². The smallest absolute Gasteiger partial charge is 0.0890 e. The minimum atomic E-state index is 0.783. The lowest BCUT2D eigenvalue weighted by Crippen LogP contribution is -2.43. The van der Waals surface area contributed by atoms with Crippen LogP contribution in [0.3, 0.4) is 0 Å². The lowest BCUT2D eigenvalue weighted by Gasteiger charge is -2.35. The summed E-state index contributed by atoms with van der Waals surface area (Å²) in [5.74, 6) is 1.03. The summed E-state index contributed by atoms with van der Waals surface area (Å²) in [4.78, 5) is 11.0. The number of rotatable bonds is 5. The van der Waals surface area contributed by atoms with Crippen molar-refractivity contribution < 1.29 is 0 Å². The number of nitrogens with one attached hydrogen (secondary N) is 2. The predicted octanol–water partition coefficient (Wildman–Crippen LogP) is 3.46. The summed E-state index contributed by atoms with van der Waals surface area (Å²) in [6.45, 7) is 8.75. The van der Waals surface area contributed by atoms with Crippen molar-refractivity contribution in [2.24, 2.45) is 5.92 Å². The van der Waals surface area contributed by atoms with Gasteiger partial charge in [0.05, 0.1) is 16.7 Å². The van der Waals surface area contributed by atoms with Gasteiger partial charge in [-0.3, -0.25) is 9.97 Å². The Morgan fingerprint density at radius 2 is 1.96 bits per heavy atom. The Kier molecular flexibility index (Phi) is 6.82. The molecule has 2 aliphatic heterocycles. The first-order chi connectivity index (χ1) is 13.2. The Morgan fingerprint density at radius 1 is 1.19 bits per heavy atom. The molecule has 0 unspecified atom stereocenters. The molecule has 5 nitrogen and oxygen atoms in total. The Balaban J connectivity index is 0.000000221. The van der Waals surface area contributed by atoms with Crippen LogP contribution in [-0.2, 0) is 6.54 Å². The van der Waals surface area contributed by atoms with Crippen molar-refractivity contribution in [2.45, 2.75) is 33.2 Å². The second-order valence-corrected chi connectivity index (χ2v) is 7.46. The van der Waals surface area contributed by atoms with Crippen LogP contribution in [0.4, 0.5) is 0 Å². The first-order valence-electron chi connectivity index (χ1n) is 9.88. The molecule has 1 saturated heterocycles. The minimum absolute atomic E-state index is 0.783. The quantitative estimate of drug-likeness (QED) is 0.850. The van der Waals surface area contributed by atoms with Gasteiger partial charge in [0.2, 0.25) is 0 Å². The number of hydrogen-bond donors (Lipinski definition) is 2. The zero-order valence-electron chi connectivity index (χ0n) is 16.7. The molecule has 0 saturated carbocycles. The van der Waals surface area contributed by atoms with Gasteiger partial charge in [0, 0.05) is 44.8 Å². The predicted molar refractivity (Wildman–Crippen MR) is 112 cm³/mol. The van der Waals surface area contributed by atoms with Gasteiger partial charge < -0.3 is 15.5 Å². The van der Waals surface area contributed by atoms with Crippen LogP contribution in [0.15, 0.2) is 54.1 Å². The zero-order chi connectivity index (χ0) is 19.1. The highest BCUT2D eigenvalue weighted by Crippen LogP contribution is 2.17. The van der Waals surface area contributed by atoms with E-state index in [0.717, 1.165) is 35.7 Å². The summed E-state index contributed by atoms with van der Waals surface area (Å²) in [7, 11) is 2.19. The molecule has 0 bridgehead atoms. The molecule has 3 heterocycles. The summed E-state index contributed by atoms with van der Waals surface area (Å²) in [5.41, 5.74) is 5.49. The monoisotopic (exact) mass is 365 g/mol. The van der Waals surface area contributed by atoms with E-state index in [1.54, 1.807) is 12.4 Å². The van der Waals surface area contributed by atoms with E-state index in [0.29, 0.717) is 0 Å². The number of benzene rings is 1. The number of allylic oxidation sites excluding steroid dienone is 1. The SMILES string of the molecule is CC1=CCNC=C1NCc1ccc2nccnc2c1.CCCC1CN(C)C1. The molecule has 27 heavy (non-hydrogen) atoms. The van der Waals surface area contributed by atoms with Crippen molar-refractivity contribution in [1.29, 1.82) is 0 Å². The van der Waals surface area contributed by atoms with E-state index >= 15 is 0 Å². The first kappa shape index (κ1) is 19.4. The maximum atomic E-state index is 4.32. The van der Waals surface area contributed by atoms with Crippen LogP contribution in [0, 0.1) is 5.92 Å². The van der Waals surface area contributed by atoms with Crippen LogP contribution in [0.5, 0.6) is 0 Å². The van der Waals surface area contributed by atoms with E-state index in [4.69, 9.17) is 0 Å². The Morgan fingerprint density at radius 3 is 2.67 bits per heavy atom. The van der Waals surface area contributed by atoms with Crippen molar-refractivity contribution in [3.05, 3.63) is 59.7 Å². The second kappa shape index (κ2) is 9.51. The van der Waals surface area contributed by atoms with Gasteiger partial charge in [-0.1, -0.05) is 25.5 Å². The summed E-state index contributed by atoms with van der Waals surface area (Å²) in [6, 6.07) is 6.17. The van der Waals surface area contributed by atoms with Crippen molar-refractivity contribution >= 4 is 11.0 Å². The number of hydrogen-bond acceptors (Lipinski definition) is 5. The van der Waals surface area contributed by atoms with E-state index in [1.165, 1.54) is 37.1 Å². The molecule has 2 aromatic rings. The number of aromatic nitrogens is 2. The Bertz CT molecular complexity index is 802. The fourth-order valence-corrected chi connectivity index (χ4v) is 3.52. The summed E-state index contributed by atoms with van der Waals surface area (Å²) < 4.78 is 0. The third-order valence-corrected chi connectivity index (χ3v) is 5.05. The van der Waals surface area contributed by atoms with Gasteiger partial charge in [-0.15, -0.1) is 0 Å². The average Bonchev–Trinajstić information content (AvgIpc) is 2.67. The molecule has 144 valence electrons. The molecule has 2 aliphatic rings. The standard InChI is InChI=1S/C15H16N4.C7H15N/c1-11-4-5-16-10-15(11)19-9-12-2-3-13-14(8-12)18-7-6-17-13;1-3-4-7-5-8(2)6-7/h2-4,6-8,10,16,19H,5,9H2,1H3;7H,3-6H2,1-2H3. The van der Waals surface area contributed by atoms with Gasteiger partial charge in [-0.25, -0.2) is 0 Å². The molecule has 0 spiro atoms. The summed E-state index contributed by atoms with van der Waals surface area (Å²) in [5, 5.41) is 6.64. The first-order valence-corrected chi connectivity index (χ1v) is 9.88. The van der Waals surface area contributed by atoms with Gasteiger partial charge in [0.25, 0.3) is 0 Å². The molecule has 5 heteroatoms. The molecule has 2 N–H and O–H groups in total. The maximum absolute atomic E-state index is 4.32. The van der Waals surface area contributed by atoms with Crippen LogP contribution in [-0.4, -0.2) is 41.5 Å². The second-order valence-electron chi connectivity index (χ2n) is 7.46. The van der Waals surface area contributed by atoms with E-state index in [-0.39, 0.29) is 0 Å². The molecule has 0 radical (unpaired) electrons. The molecule has 0 aliphatic carbocycles. The highest BCUT2D eigenvalue weighted by atomic mass is 15.2. The molecule has 1 aromatic heterocycles. The summed E-state index contributed by atoms with van der Waals surface area (Å²) in [6.07, 6.45) is 10.4. The topological polar surface area (TPSA) is 53.1 Å². The van der Waals surface area contributed by atoms with Crippen LogP contribution in [0.2, 0.25) is 0 Å². The largest absolute Gasteiger partial charge is 0.386 e. The zero-order valence-corrected chi connectivity index (χ0v) is 16.7. The molecular formula is C22H31N5. The number of nitrogens with zero attached hydrogens (tertiary/aromatic N) is 3.